The molecule has 0 saturated heterocycles. The Bertz CT molecular complexity index is 1520. The summed E-state index contributed by atoms with van der Waals surface area (Å²) in [5.41, 5.74) is 19.2. The fourth-order valence-corrected chi connectivity index (χ4v) is 5.18. The van der Waals surface area contributed by atoms with E-state index in [1.165, 1.54) is 19.4 Å². The standard InChI is InChI=1S/C32H48N10O6/c1-17(2)26(31(47)42-27(18(3)43)32(48)39-24(28(35)44)13-20-15-36-16-38-20)41-30(46)25(40-29(45)22(34)9-6-7-11-33)12-19-14-37-23-10-5-4-8-21(19)23/h4-5,8,10,14-18,22,24-27,37,43H,6-7,9,11-13,33-34H2,1-3H3,(H2,35,44)(H,36,38)(H,39,48)(H,40,45)(H,41,46)(H,42,47)/t18-,22+,24+,25+,26+,27+/m1/s1. The fraction of sp³-hybridized carbons (Fsp3) is 0.500. The number of hydrogen-bond acceptors (Lipinski definition) is 9. The van der Waals surface area contributed by atoms with E-state index in [0.29, 0.717) is 31.5 Å². The van der Waals surface area contributed by atoms with Gasteiger partial charge in [0.25, 0.3) is 0 Å². The topological polar surface area (TPSA) is 276 Å². The van der Waals surface area contributed by atoms with Gasteiger partial charge in [-0.3, -0.25) is 24.0 Å². The molecule has 3 aromatic rings. The number of aliphatic hydroxyl groups excluding tert-OH is 1. The molecule has 262 valence electrons. The molecule has 0 unspecified atom stereocenters. The van der Waals surface area contributed by atoms with Gasteiger partial charge in [0.05, 0.1) is 24.2 Å². The van der Waals surface area contributed by atoms with Crippen molar-refractivity contribution in [3.05, 3.63) is 54.2 Å². The summed E-state index contributed by atoms with van der Waals surface area (Å²) >= 11 is 0. The molecule has 3 rings (SSSR count). The molecule has 0 fully saturated rings. The van der Waals surface area contributed by atoms with E-state index in [1.54, 1.807) is 20.0 Å². The molecule has 0 aliphatic heterocycles. The van der Waals surface area contributed by atoms with Crippen molar-refractivity contribution in [2.75, 3.05) is 6.54 Å². The summed E-state index contributed by atoms with van der Waals surface area (Å²) in [6.07, 6.45) is 5.10. The predicted octanol–water partition coefficient (Wildman–Crippen LogP) is -1.41. The van der Waals surface area contributed by atoms with Gasteiger partial charge in [0, 0.05) is 36.1 Å². The summed E-state index contributed by atoms with van der Waals surface area (Å²) in [6, 6.07) is 1.67. The summed E-state index contributed by atoms with van der Waals surface area (Å²) in [5, 5.41) is 21.7. The number of nitrogens with zero attached hydrogens (tertiary/aromatic N) is 1. The average molecular weight is 669 g/mol. The quantitative estimate of drug-likeness (QED) is 0.0671. The predicted molar refractivity (Wildman–Crippen MR) is 179 cm³/mol. The first-order valence-corrected chi connectivity index (χ1v) is 16.0. The summed E-state index contributed by atoms with van der Waals surface area (Å²) in [4.78, 5) is 75.6. The lowest BCUT2D eigenvalue weighted by atomic mass is 9.99. The van der Waals surface area contributed by atoms with Gasteiger partial charge in [-0.15, -0.1) is 0 Å². The minimum atomic E-state index is -1.50. The van der Waals surface area contributed by atoms with Crippen molar-refractivity contribution >= 4 is 40.4 Å². The number of carbonyl (C=O) groups excluding carboxylic acids is 5. The maximum atomic E-state index is 13.8. The number of unbranched alkanes of at least 4 members (excludes halogenated alkanes) is 1. The number of para-hydroxylation sites is 1. The molecule has 5 amide bonds. The lowest BCUT2D eigenvalue weighted by Gasteiger charge is -2.29. The van der Waals surface area contributed by atoms with Gasteiger partial charge < -0.3 is 53.5 Å². The van der Waals surface area contributed by atoms with E-state index in [4.69, 9.17) is 17.2 Å². The van der Waals surface area contributed by atoms with E-state index in [9.17, 15) is 29.1 Å². The SMILES string of the molecule is CC(C)[C@H](NC(=O)[C@H](Cc1c[nH]c2ccccc12)NC(=O)[C@@H](N)CCCCN)C(=O)N[C@H](C(=O)N[C@@H](Cc1c[nH]cn1)C(N)=O)[C@@H](C)O. The number of amides is 5. The minimum Gasteiger partial charge on any atom is -0.391 e. The molecule has 0 saturated carbocycles. The molecule has 1 aromatic carbocycles. The van der Waals surface area contributed by atoms with Crippen LogP contribution in [0.15, 0.2) is 43.0 Å². The molecule has 2 heterocycles. The van der Waals surface area contributed by atoms with Crippen molar-refractivity contribution in [1.29, 1.82) is 0 Å². The number of imidazole rings is 1. The smallest absolute Gasteiger partial charge is 0.245 e. The van der Waals surface area contributed by atoms with Crippen LogP contribution in [0.4, 0.5) is 0 Å². The monoisotopic (exact) mass is 668 g/mol. The molecular weight excluding hydrogens is 620 g/mol. The van der Waals surface area contributed by atoms with Crippen molar-refractivity contribution in [2.24, 2.45) is 23.1 Å². The fourth-order valence-electron chi connectivity index (χ4n) is 5.18. The summed E-state index contributed by atoms with van der Waals surface area (Å²) in [5.74, 6) is -4.12. The van der Waals surface area contributed by atoms with Crippen LogP contribution in [0.3, 0.4) is 0 Å². The maximum Gasteiger partial charge on any atom is 0.245 e. The van der Waals surface area contributed by atoms with Crippen LogP contribution in [0.2, 0.25) is 0 Å². The number of nitrogens with one attached hydrogen (secondary N) is 6. The number of hydrogen-bond donors (Lipinski definition) is 10. The summed E-state index contributed by atoms with van der Waals surface area (Å²) in [7, 11) is 0. The Morgan fingerprint density at radius 2 is 1.52 bits per heavy atom. The molecule has 0 aliphatic rings. The molecule has 13 N–H and O–H groups in total. The van der Waals surface area contributed by atoms with Crippen molar-refractivity contribution in [2.45, 2.75) is 89.2 Å². The molecular formula is C32H48N10O6. The first-order valence-electron chi connectivity index (χ1n) is 16.0. The zero-order valence-electron chi connectivity index (χ0n) is 27.5. The first kappa shape index (κ1) is 37.7. The number of aromatic nitrogens is 3. The second-order valence-electron chi connectivity index (χ2n) is 12.2. The minimum absolute atomic E-state index is 0.0179. The van der Waals surface area contributed by atoms with Crippen LogP contribution in [0, 0.1) is 5.92 Å². The van der Waals surface area contributed by atoms with E-state index in [0.717, 1.165) is 16.5 Å². The third-order valence-electron chi connectivity index (χ3n) is 7.98. The number of H-pyrrole nitrogens is 2. The second-order valence-corrected chi connectivity index (χ2v) is 12.2. The number of aliphatic hydroxyl groups is 1. The van der Waals surface area contributed by atoms with Crippen LogP contribution < -0.4 is 38.5 Å². The Kier molecular flexibility index (Phi) is 14.1. The van der Waals surface area contributed by atoms with E-state index in [1.807, 2.05) is 24.3 Å². The van der Waals surface area contributed by atoms with Crippen LogP contribution in [-0.4, -0.2) is 92.5 Å². The van der Waals surface area contributed by atoms with Gasteiger partial charge in [-0.1, -0.05) is 38.5 Å². The largest absolute Gasteiger partial charge is 0.391 e. The van der Waals surface area contributed by atoms with Gasteiger partial charge >= 0.3 is 0 Å². The van der Waals surface area contributed by atoms with Crippen LogP contribution >= 0.6 is 0 Å². The highest BCUT2D eigenvalue weighted by Gasteiger charge is 2.35. The molecule has 0 bridgehead atoms. The second kappa shape index (κ2) is 17.9. The third kappa shape index (κ3) is 10.6. The van der Waals surface area contributed by atoms with E-state index >= 15 is 0 Å². The zero-order chi connectivity index (χ0) is 35.4. The van der Waals surface area contributed by atoms with Crippen molar-refractivity contribution in [3.63, 3.8) is 0 Å². The number of fused-ring (bicyclic) bond motifs is 1. The normalized spacial score (nSPS) is 15.1. The van der Waals surface area contributed by atoms with Crippen LogP contribution in [0.25, 0.3) is 10.9 Å². The van der Waals surface area contributed by atoms with Gasteiger partial charge in [0.2, 0.25) is 29.5 Å². The Hall–Kier alpha value is -4.80. The number of benzene rings is 1. The first-order chi connectivity index (χ1) is 22.8. The van der Waals surface area contributed by atoms with Gasteiger partial charge in [-0.2, -0.15) is 0 Å². The molecule has 0 aliphatic carbocycles. The highest BCUT2D eigenvalue weighted by atomic mass is 16.3. The van der Waals surface area contributed by atoms with Crippen molar-refractivity contribution < 1.29 is 29.1 Å². The molecule has 48 heavy (non-hydrogen) atoms. The van der Waals surface area contributed by atoms with Crippen molar-refractivity contribution in [3.8, 4) is 0 Å². The summed E-state index contributed by atoms with van der Waals surface area (Å²) < 4.78 is 0. The summed E-state index contributed by atoms with van der Waals surface area (Å²) in [6.45, 7) is 5.14. The Morgan fingerprint density at radius 3 is 2.15 bits per heavy atom. The number of aromatic amines is 2. The average Bonchev–Trinajstić information content (AvgIpc) is 3.71. The Balaban J connectivity index is 1.78. The Labute approximate surface area is 278 Å². The highest BCUT2D eigenvalue weighted by molar-refractivity contribution is 5.96. The van der Waals surface area contributed by atoms with Gasteiger partial charge in [0.15, 0.2) is 0 Å². The van der Waals surface area contributed by atoms with Gasteiger partial charge in [-0.25, -0.2) is 4.98 Å². The number of nitrogens with two attached hydrogens (primary N) is 3. The molecule has 6 atom stereocenters. The molecule has 2 aromatic heterocycles. The number of primary amides is 1. The maximum absolute atomic E-state index is 13.8. The Morgan fingerprint density at radius 1 is 0.854 bits per heavy atom. The van der Waals surface area contributed by atoms with E-state index in [2.05, 4.69) is 36.2 Å². The third-order valence-corrected chi connectivity index (χ3v) is 7.98. The highest BCUT2D eigenvalue weighted by Crippen LogP contribution is 2.19. The lowest BCUT2D eigenvalue weighted by Crippen LogP contribution is -2.62. The van der Waals surface area contributed by atoms with Gasteiger partial charge in [0.1, 0.15) is 24.2 Å². The van der Waals surface area contributed by atoms with Crippen molar-refractivity contribution in [1.82, 2.24) is 36.2 Å². The number of carbonyl (C=O) groups is 5. The van der Waals surface area contributed by atoms with Crippen LogP contribution in [0.1, 0.15) is 51.3 Å². The van der Waals surface area contributed by atoms with E-state index < -0.39 is 71.8 Å². The molecule has 16 nitrogen and oxygen atoms in total. The number of rotatable bonds is 19. The zero-order valence-corrected chi connectivity index (χ0v) is 27.5. The molecule has 0 spiro atoms. The molecule has 16 heteroatoms. The lowest BCUT2D eigenvalue weighted by molar-refractivity contribution is -0.136. The van der Waals surface area contributed by atoms with Crippen LogP contribution in [-0.2, 0) is 36.8 Å². The van der Waals surface area contributed by atoms with Gasteiger partial charge in [-0.05, 0) is 43.9 Å². The molecule has 0 radical (unpaired) electrons. The van der Waals surface area contributed by atoms with E-state index in [-0.39, 0.29) is 12.8 Å². The van der Waals surface area contributed by atoms with Crippen LogP contribution in [0.5, 0.6) is 0 Å².